The van der Waals surface area contributed by atoms with Gasteiger partial charge in [0, 0.05) is 38.3 Å². The minimum atomic E-state index is -0.115. The monoisotopic (exact) mass is 329 g/mol. The molecule has 1 aromatic rings. The molecule has 2 amide bonds. The Kier molecular flexibility index (Phi) is 5.19. The Morgan fingerprint density at radius 2 is 1.92 bits per heavy atom. The lowest BCUT2D eigenvalue weighted by Crippen LogP contribution is -2.58. The van der Waals surface area contributed by atoms with E-state index in [9.17, 15) is 9.59 Å². The van der Waals surface area contributed by atoms with Crippen LogP contribution in [-0.4, -0.2) is 48.4 Å². The van der Waals surface area contributed by atoms with Gasteiger partial charge in [-0.25, -0.2) is 0 Å². The van der Waals surface area contributed by atoms with E-state index in [-0.39, 0.29) is 17.9 Å². The molecule has 2 heterocycles. The van der Waals surface area contributed by atoms with E-state index in [0.717, 1.165) is 44.6 Å². The van der Waals surface area contributed by atoms with Crippen LogP contribution >= 0.6 is 0 Å². The molecular weight excluding hydrogens is 302 g/mol. The number of carbonyl (C=O) groups is 2. The Morgan fingerprint density at radius 1 is 1.17 bits per heavy atom. The van der Waals surface area contributed by atoms with Crippen LogP contribution in [0.5, 0.6) is 0 Å². The highest BCUT2D eigenvalue weighted by Gasteiger charge is 2.34. The predicted octanol–water partition coefficient (Wildman–Crippen LogP) is 2.03. The summed E-state index contributed by atoms with van der Waals surface area (Å²) >= 11 is 0. The van der Waals surface area contributed by atoms with E-state index in [0.29, 0.717) is 12.0 Å². The second-order valence-electron chi connectivity index (χ2n) is 7.02. The fourth-order valence-electron chi connectivity index (χ4n) is 3.83. The number of likely N-dealkylation sites (tertiary alicyclic amines) is 1. The van der Waals surface area contributed by atoms with Crippen molar-refractivity contribution >= 4 is 17.5 Å². The Bertz CT molecular complexity index is 590. The third-order valence-electron chi connectivity index (χ3n) is 5.27. The fourth-order valence-corrected chi connectivity index (χ4v) is 3.83. The molecule has 0 spiro atoms. The first kappa shape index (κ1) is 17.0. The van der Waals surface area contributed by atoms with Crippen molar-refractivity contribution in [1.29, 1.82) is 0 Å². The number of nitrogens with zero attached hydrogens (tertiary/aromatic N) is 2. The molecule has 5 heteroatoms. The number of anilines is 1. The second-order valence-corrected chi connectivity index (χ2v) is 7.02. The molecule has 3 rings (SSSR count). The minimum absolute atomic E-state index is 0.115. The summed E-state index contributed by atoms with van der Waals surface area (Å²) in [7, 11) is 0. The normalized spacial score (nSPS) is 28.1. The van der Waals surface area contributed by atoms with Crippen molar-refractivity contribution in [3.8, 4) is 0 Å². The van der Waals surface area contributed by atoms with Gasteiger partial charge >= 0.3 is 0 Å². The molecule has 2 fully saturated rings. The van der Waals surface area contributed by atoms with Gasteiger partial charge in [-0.2, -0.15) is 0 Å². The van der Waals surface area contributed by atoms with Gasteiger partial charge < -0.3 is 15.1 Å². The van der Waals surface area contributed by atoms with Gasteiger partial charge in [-0.05, 0) is 37.3 Å². The molecule has 0 aromatic heterocycles. The summed E-state index contributed by atoms with van der Waals surface area (Å²) in [6.45, 7) is 6.13. The summed E-state index contributed by atoms with van der Waals surface area (Å²) in [5, 5.41) is 3.59. The number of benzene rings is 1. The van der Waals surface area contributed by atoms with E-state index in [1.54, 1.807) is 6.92 Å². The fraction of sp³-hybridized carbons (Fsp3) is 0.579. The first-order valence-electron chi connectivity index (χ1n) is 8.94. The van der Waals surface area contributed by atoms with Crippen LogP contribution in [-0.2, 0) is 9.59 Å². The first-order valence-corrected chi connectivity index (χ1v) is 8.94. The zero-order valence-corrected chi connectivity index (χ0v) is 14.6. The maximum Gasteiger partial charge on any atom is 0.244 e. The Morgan fingerprint density at radius 3 is 2.58 bits per heavy atom. The van der Waals surface area contributed by atoms with Gasteiger partial charge in [0.25, 0.3) is 0 Å². The molecule has 5 nitrogen and oxygen atoms in total. The number of nitrogens with one attached hydrogen (secondary N) is 1. The highest BCUT2D eigenvalue weighted by atomic mass is 16.2. The highest BCUT2D eigenvalue weighted by molar-refractivity contribution is 5.97. The summed E-state index contributed by atoms with van der Waals surface area (Å²) < 4.78 is 0. The Labute approximate surface area is 144 Å². The van der Waals surface area contributed by atoms with Gasteiger partial charge in [0.05, 0.1) is 6.04 Å². The summed E-state index contributed by atoms with van der Waals surface area (Å²) in [6, 6.07) is 10.1. The van der Waals surface area contributed by atoms with Crippen molar-refractivity contribution in [2.75, 3.05) is 24.5 Å². The van der Waals surface area contributed by atoms with Gasteiger partial charge in [-0.1, -0.05) is 25.1 Å². The van der Waals surface area contributed by atoms with Crippen molar-refractivity contribution < 1.29 is 9.59 Å². The lowest BCUT2D eigenvalue weighted by molar-refractivity contribution is -0.131. The van der Waals surface area contributed by atoms with Crippen LogP contribution in [0.15, 0.2) is 30.3 Å². The lowest BCUT2D eigenvalue weighted by Gasteiger charge is -2.40. The Hall–Kier alpha value is -1.88. The molecule has 1 N–H and O–H groups in total. The average Bonchev–Trinajstić information content (AvgIpc) is 2.59. The van der Waals surface area contributed by atoms with Crippen molar-refractivity contribution in [1.82, 2.24) is 10.2 Å². The molecule has 0 unspecified atom stereocenters. The topological polar surface area (TPSA) is 52.7 Å². The summed E-state index contributed by atoms with van der Waals surface area (Å²) in [5.74, 6) is 0.681. The maximum absolute atomic E-state index is 12.9. The van der Waals surface area contributed by atoms with Crippen LogP contribution in [0.3, 0.4) is 0 Å². The van der Waals surface area contributed by atoms with E-state index in [2.05, 4.69) is 12.2 Å². The van der Waals surface area contributed by atoms with E-state index in [4.69, 9.17) is 0 Å². The molecule has 0 radical (unpaired) electrons. The predicted molar refractivity (Wildman–Crippen MR) is 94.8 cm³/mol. The van der Waals surface area contributed by atoms with Crippen LogP contribution in [0.1, 0.15) is 33.1 Å². The molecule has 1 aromatic carbocycles. The molecule has 24 heavy (non-hydrogen) atoms. The highest BCUT2D eigenvalue weighted by Crippen LogP contribution is 2.23. The van der Waals surface area contributed by atoms with E-state index in [1.807, 2.05) is 40.1 Å². The van der Waals surface area contributed by atoms with Crippen molar-refractivity contribution in [2.24, 2.45) is 5.92 Å². The summed E-state index contributed by atoms with van der Waals surface area (Å²) in [5.41, 5.74) is 0.980. The van der Waals surface area contributed by atoms with Crippen molar-refractivity contribution in [3.05, 3.63) is 30.3 Å². The van der Waals surface area contributed by atoms with Crippen LogP contribution in [0.25, 0.3) is 0 Å². The number of amides is 2. The zero-order valence-electron chi connectivity index (χ0n) is 14.6. The zero-order chi connectivity index (χ0) is 17.1. The SMILES string of the molecule is CC(=O)N1CC[C@H](N[C@@H]2CCCN(c3ccccc3)C2=O)[C@@H](C)C1. The number of rotatable bonds is 3. The quantitative estimate of drug-likeness (QED) is 0.923. The molecule has 2 aliphatic heterocycles. The van der Waals surface area contributed by atoms with Crippen molar-refractivity contribution in [3.63, 3.8) is 0 Å². The maximum atomic E-state index is 12.9. The van der Waals surface area contributed by atoms with E-state index in [1.165, 1.54) is 0 Å². The lowest BCUT2D eigenvalue weighted by atomic mass is 9.91. The van der Waals surface area contributed by atoms with E-state index < -0.39 is 0 Å². The summed E-state index contributed by atoms with van der Waals surface area (Å²) in [4.78, 5) is 28.2. The van der Waals surface area contributed by atoms with Gasteiger partial charge in [0.1, 0.15) is 0 Å². The number of para-hydroxylation sites is 1. The molecule has 3 atom stereocenters. The molecule has 0 bridgehead atoms. The molecular formula is C19H27N3O2. The smallest absolute Gasteiger partial charge is 0.244 e. The molecule has 2 saturated heterocycles. The molecule has 130 valence electrons. The van der Waals surface area contributed by atoms with Gasteiger partial charge in [0.2, 0.25) is 11.8 Å². The number of piperidine rings is 2. The van der Waals surface area contributed by atoms with Crippen LogP contribution < -0.4 is 10.2 Å². The first-order chi connectivity index (χ1) is 11.6. The molecule has 2 aliphatic rings. The average molecular weight is 329 g/mol. The van der Waals surface area contributed by atoms with Gasteiger partial charge in [-0.3, -0.25) is 9.59 Å². The van der Waals surface area contributed by atoms with Gasteiger partial charge in [-0.15, -0.1) is 0 Å². The third kappa shape index (κ3) is 3.61. The van der Waals surface area contributed by atoms with Crippen LogP contribution in [0, 0.1) is 5.92 Å². The van der Waals surface area contributed by atoms with Gasteiger partial charge in [0.15, 0.2) is 0 Å². The number of hydrogen-bond donors (Lipinski definition) is 1. The minimum Gasteiger partial charge on any atom is -0.343 e. The van der Waals surface area contributed by atoms with Crippen LogP contribution in [0.4, 0.5) is 5.69 Å². The number of hydrogen-bond acceptors (Lipinski definition) is 3. The second kappa shape index (κ2) is 7.34. The standard InChI is InChI=1S/C19H27N3O2/c1-14-13-21(15(2)23)12-10-17(14)20-18-9-6-11-22(19(18)24)16-7-4-3-5-8-16/h3-5,7-8,14,17-18,20H,6,9-13H2,1-2H3/t14-,17-,18+/m0/s1. The van der Waals surface area contributed by atoms with Crippen LogP contribution in [0.2, 0.25) is 0 Å². The molecule has 0 aliphatic carbocycles. The third-order valence-corrected chi connectivity index (χ3v) is 5.27. The Balaban J connectivity index is 1.63. The summed E-state index contributed by atoms with van der Waals surface area (Å²) in [6.07, 6.45) is 2.82. The number of carbonyl (C=O) groups excluding carboxylic acids is 2. The molecule has 0 saturated carbocycles. The van der Waals surface area contributed by atoms with E-state index >= 15 is 0 Å². The van der Waals surface area contributed by atoms with Crippen molar-refractivity contribution in [2.45, 2.75) is 45.2 Å². The largest absolute Gasteiger partial charge is 0.343 e.